The molecule has 0 saturated carbocycles. The highest BCUT2D eigenvalue weighted by molar-refractivity contribution is 5.47. The second-order valence-corrected chi connectivity index (χ2v) is 5.75. The van der Waals surface area contributed by atoms with Gasteiger partial charge in [0.05, 0.1) is 12.7 Å². The molecule has 0 aliphatic carbocycles. The zero-order chi connectivity index (χ0) is 13.4. The van der Waals surface area contributed by atoms with Crippen LogP contribution < -0.4 is 4.90 Å². The van der Waals surface area contributed by atoms with E-state index in [1.807, 2.05) is 12.1 Å². The van der Waals surface area contributed by atoms with Gasteiger partial charge in [-0.05, 0) is 49.8 Å². The van der Waals surface area contributed by atoms with E-state index in [9.17, 15) is 10.2 Å². The van der Waals surface area contributed by atoms with Gasteiger partial charge < -0.3 is 15.1 Å². The van der Waals surface area contributed by atoms with Gasteiger partial charge in [-0.25, -0.2) is 4.98 Å². The lowest BCUT2D eigenvalue weighted by Gasteiger charge is -2.38. The third-order valence-electron chi connectivity index (χ3n) is 4.44. The molecule has 104 valence electrons. The van der Waals surface area contributed by atoms with Crippen molar-refractivity contribution < 1.29 is 10.2 Å². The number of pyridine rings is 1. The van der Waals surface area contributed by atoms with Gasteiger partial charge >= 0.3 is 0 Å². The first kappa shape index (κ1) is 12.9. The van der Waals surface area contributed by atoms with Crippen LogP contribution in [0.5, 0.6) is 0 Å². The van der Waals surface area contributed by atoms with Gasteiger partial charge in [-0.3, -0.25) is 0 Å². The van der Waals surface area contributed by atoms with Gasteiger partial charge in [0.1, 0.15) is 5.82 Å². The molecule has 1 aromatic rings. The number of piperidine rings is 1. The van der Waals surface area contributed by atoms with E-state index in [-0.39, 0.29) is 12.7 Å². The molecule has 2 atom stereocenters. The third kappa shape index (κ3) is 2.35. The molecule has 2 fully saturated rings. The average Bonchev–Trinajstić information content (AvgIpc) is 2.70. The minimum absolute atomic E-state index is 0.0638. The molecule has 4 nitrogen and oxygen atoms in total. The zero-order valence-corrected chi connectivity index (χ0v) is 11.4. The van der Waals surface area contributed by atoms with Crippen LogP contribution in [-0.2, 0) is 13.0 Å². The molecule has 2 bridgehead atoms. The highest BCUT2D eigenvalue weighted by atomic mass is 16.3. The van der Waals surface area contributed by atoms with E-state index in [2.05, 4.69) is 11.8 Å². The van der Waals surface area contributed by atoms with Crippen molar-refractivity contribution in [3.8, 4) is 0 Å². The Morgan fingerprint density at radius 1 is 1.26 bits per heavy atom. The zero-order valence-electron chi connectivity index (χ0n) is 11.4. The summed E-state index contributed by atoms with van der Waals surface area (Å²) in [5.74, 6) is 0.989. The van der Waals surface area contributed by atoms with Gasteiger partial charge in [0.25, 0.3) is 0 Å². The quantitative estimate of drug-likeness (QED) is 0.869. The molecule has 2 saturated heterocycles. The average molecular weight is 262 g/mol. The molecule has 2 unspecified atom stereocenters. The van der Waals surface area contributed by atoms with Crippen molar-refractivity contribution in [2.45, 2.75) is 63.8 Å². The maximum atomic E-state index is 9.87. The first-order chi connectivity index (χ1) is 9.21. The van der Waals surface area contributed by atoms with E-state index in [4.69, 9.17) is 4.98 Å². The lowest BCUT2D eigenvalue weighted by molar-refractivity contribution is 0.126. The van der Waals surface area contributed by atoms with Gasteiger partial charge in [-0.1, -0.05) is 6.92 Å². The molecule has 19 heavy (non-hydrogen) atoms. The number of aryl methyl sites for hydroxylation is 1. The molecule has 0 spiro atoms. The van der Waals surface area contributed by atoms with Gasteiger partial charge in [-0.2, -0.15) is 0 Å². The Balaban J connectivity index is 1.94. The largest absolute Gasteiger partial charge is 0.393 e. The second-order valence-electron chi connectivity index (χ2n) is 5.75. The van der Waals surface area contributed by atoms with Crippen molar-refractivity contribution >= 4 is 5.82 Å². The second kappa shape index (κ2) is 5.10. The van der Waals surface area contributed by atoms with Crippen LogP contribution in [0.4, 0.5) is 5.82 Å². The van der Waals surface area contributed by atoms with Crippen molar-refractivity contribution in [3.63, 3.8) is 0 Å². The van der Waals surface area contributed by atoms with Crippen LogP contribution in [0.3, 0.4) is 0 Å². The van der Waals surface area contributed by atoms with Crippen molar-refractivity contribution in [2.24, 2.45) is 0 Å². The molecular formula is C15H22N2O2. The number of fused-ring (bicyclic) bond motifs is 2. The summed E-state index contributed by atoms with van der Waals surface area (Å²) in [6.07, 6.45) is 4.72. The summed E-state index contributed by atoms with van der Waals surface area (Å²) < 4.78 is 0. The van der Waals surface area contributed by atoms with E-state index in [0.717, 1.165) is 49.2 Å². The molecule has 4 heteroatoms. The summed E-state index contributed by atoms with van der Waals surface area (Å²) in [5.41, 5.74) is 1.97. The van der Waals surface area contributed by atoms with Crippen molar-refractivity contribution in [2.75, 3.05) is 4.90 Å². The fourth-order valence-electron chi connectivity index (χ4n) is 3.56. The molecular weight excluding hydrogens is 240 g/mol. The number of aromatic nitrogens is 1. The molecule has 2 aliphatic heterocycles. The highest BCUT2D eigenvalue weighted by Gasteiger charge is 2.40. The molecule has 0 amide bonds. The standard InChI is InChI=1S/C15H22N2O2/c1-2-11-5-10(9-18)6-15(16-11)17-12-3-4-13(17)8-14(19)7-12/h5-6,12-14,18-19H,2-4,7-9H2,1H3. The Labute approximate surface area is 114 Å². The lowest BCUT2D eigenvalue weighted by atomic mass is 9.99. The minimum atomic E-state index is -0.152. The van der Waals surface area contributed by atoms with E-state index in [1.165, 1.54) is 0 Å². The first-order valence-corrected chi connectivity index (χ1v) is 7.28. The van der Waals surface area contributed by atoms with Crippen LogP contribution in [-0.4, -0.2) is 33.4 Å². The minimum Gasteiger partial charge on any atom is -0.393 e. The number of hydrogen-bond donors (Lipinski definition) is 2. The monoisotopic (exact) mass is 262 g/mol. The Kier molecular flexibility index (Phi) is 3.46. The third-order valence-corrected chi connectivity index (χ3v) is 4.44. The number of anilines is 1. The Morgan fingerprint density at radius 2 is 1.95 bits per heavy atom. The smallest absolute Gasteiger partial charge is 0.129 e. The molecule has 2 N–H and O–H groups in total. The van der Waals surface area contributed by atoms with Crippen LogP contribution in [0.25, 0.3) is 0 Å². The summed E-state index contributed by atoms with van der Waals surface area (Å²) in [4.78, 5) is 7.10. The summed E-state index contributed by atoms with van der Waals surface area (Å²) in [5, 5.41) is 19.3. The maximum Gasteiger partial charge on any atom is 0.129 e. The number of nitrogens with zero attached hydrogens (tertiary/aromatic N) is 2. The Bertz CT molecular complexity index is 427. The fourth-order valence-corrected chi connectivity index (χ4v) is 3.56. The lowest BCUT2D eigenvalue weighted by Crippen LogP contribution is -2.45. The van der Waals surface area contributed by atoms with Crippen LogP contribution in [0.15, 0.2) is 12.1 Å². The van der Waals surface area contributed by atoms with Crippen LogP contribution in [0.2, 0.25) is 0 Å². The van der Waals surface area contributed by atoms with E-state index in [0.29, 0.717) is 12.1 Å². The summed E-state index contributed by atoms with van der Waals surface area (Å²) >= 11 is 0. The molecule has 0 aromatic carbocycles. The Morgan fingerprint density at radius 3 is 2.53 bits per heavy atom. The molecule has 3 rings (SSSR count). The number of aliphatic hydroxyl groups excluding tert-OH is 2. The molecule has 3 heterocycles. The summed E-state index contributed by atoms with van der Waals surface area (Å²) in [6, 6.07) is 4.81. The highest BCUT2D eigenvalue weighted by Crippen LogP contribution is 2.38. The molecule has 2 aliphatic rings. The number of hydrogen-bond acceptors (Lipinski definition) is 4. The topological polar surface area (TPSA) is 56.6 Å². The molecule has 0 radical (unpaired) electrons. The number of aliphatic hydroxyl groups is 2. The van der Waals surface area contributed by atoms with Crippen LogP contribution >= 0.6 is 0 Å². The predicted molar refractivity (Wildman–Crippen MR) is 74.1 cm³/mol. The van der Waals surface area contributed by atoms with E-state index < -0.39 is 0 Å². The van der Waals surface area contributed by atoms with Crippen LogP contribution in [0, 0.1) is 0 Å². The molecule has 1 aromatic heterocycles. The summed E-state index contributed by atoms with van der Waals surface area (Å²) in [7, 11) is 0. The van der Waals surface area contributed by atoms with Crippen molar-refractivity contribution in [1.82, 2.24) is 4.98 Å². The maximum absolute atomic E-state index is 9.87. The van der Waals surface area contributed by atoms with E-state index >= 15 is 0 Å². The first-order valence-electron chi connectivity index (χ1n) is 7.28. The Hall–Kier alpha value is -1.13. The van der Waals surface area contributed by atoms with Gasteiger partial charge in [0, 0.05) is 17.8 Å². The predicted octanol–water partition coefficient (Wildman–Crippen LogP) is 1.63. The number of rotatable bonds is 3. The van der Waals surface area contributed by atoms with Crippen LogP contribution in [0.1, 0.15) is 43.9 Å². The van der Waals surface area contributed by atoms with Gasteiger partial charge in [0.2, 0.25) is 0 Å². The normalized spacial score (nSPS) is 29.8. The van der Waals surface area contributed by atoms with E-state index in [1.54, 1.807) is 0 Å². The summed E-state index contributed by atoms with van der Waals surface area (Å²) in [6.45, 7) is 2.15. The van der Waals surface area contributed by atoms with Gasteiger partial charge in [-0.15, -0.1) is 0 Å². The van der Waals surface area contributed by atoms with Crippen molar-refractivity contribution in [3.05, 3.63) is 23.4 Å². The fraction of sp³-hybridized carbons (Fsp3) is 0.667. The van der Waals surface area contributed by atoms with Crippen molar-refractivity contribution in [1.29, 1.82) is 0 Å². The SMILES string of the molecule is CCc1cc(CO)cc(N2C3CCC2CC(O)C3)n1. The van der Waals surface area contributed by atoms with Gasteiger partial charge in [0.15, 0.2) is 0 Å².